The zero-order valence-corrected chi connectivity index (χ0v) is 15.5. The summed E-state index contributed by atoms with van der Waals surface area (Å²) in [6, 6.07) is 14.5. The Labute approximate surface area is 163 Å². The van der Waals surface area contributed by atoms with E-state index in [9.17, 15) is 14.9 Å². The quantitative estimate of drug-likeness (QED) is 0.475. The van der Waals surface area contributed by atoms with Crippen molar-refractivity contribution in [1.82, 2.24) is 0 Å². The molecule has 0 aromatic heterocycles. The summed E-state index contributed by atoms with van der Waals surface area (Å²) in [4.78, 5) is 24.2. The van der Waals surface area contributed by atoms with Gasteiger partial charge < -0.3 is 14.8 Å². The fourth-order valence-electron chi connectivity index (χ4n) is 3.09. The van der Waals surface area contributed by atoms with E-state index in [1.54, 1.807) is 30.3 Å². The molecule has 2 aromatic rings. The number of nitriles is 1. The van der Waals surface area contributed by atoms with Crippen molar-refractivity contribution < 1.29 is 19.1 Å². The number of benzene rings is 2. The monoisotopic (exact) mass is 376 g/mol. The summed E-state index contributed by atoms with van der Waals surface area (Å²) in [6.45, 7) is -0.465. The number of anilines is 1. The topological polar surface area (TPSA) is 88.4 Å². The number of nitrogens with zero attached hydrogens (tertiary/aromatic N) is 1. The first kappa shape index (κ1) is 19.2. The van der Waals surface area contributed by atoms with E-state index in [2.05, 4.69) is 5.32 Å². The number of ether oxygens (including phenoxy) is 2. The number of nitrogens with one attached hydrogen (secondary N) is 1. The van der Waals surface area contributed by atoms with Crippen LogP contribution >= 0.6 is 0 Å². The van der Waals surface area contributed by atoms with Gasteiger partial charge in [-0.3, -0.25) is 4.79 Å². The summed E-state index contributed by atoms with van der Waals surface area (Å²) in [5.41, 5.74) is 3.65. The van der Waals surface area contributed by atoms with Crippen LogP contribution in [0, 0.1) is 11.3 Å². The second-order valence-corrected chi connectivity index (χ2v) is 6.41. The van der Waals surface area contributed by atoms with Crippen molar-refractivity contribution >= 4 is 23.6 Å². The molecule has 6 heteroatoms. The Morgan fingerprint density at radius 2 is 2.00 bits per heavy atom. The third kappa shape index (κ3) is 4.77. The Morgan fingerprint density at radius 1 is 1.18 bits per heavy atom. The highest BCUT2D eigenvalue weighted by atomic mass is 16.5. The molecule has 0 saturated heterocycles. The van der Waals surface area contributed by atoms with Crippen molar-refractivity contribution in [3.63, 3.8) is 0 Å². The molecule has 2 aromatic carbocycles. The Hall–Kier alpha value is -3.59. The third-order valence-electron chi connectivity index (χ3n) is 4.46. The number of rotatable bonds is 6. The Kier molecular flexibility index (Phi) is 6.07. The summed E-state index contributed by atoms with van der Waals surface area (Å²) in [6.07, 6.45) is 4.59. The van der Waals surface area contributed by atoms with Crippen molar-refractivity contribution in [3.8, 4) is 11.8 Å². The molecule has 0 aliphatic heterocycles. The summed E-state index contributed by atoms with van der Waals surface area (Å²) < 4.78 is 10.1. The van der Waals surface area contributed by atoms with Crippen LogP contribution in [0.25, 0.3) is 6.08 Å². The van der Waals surface area contributed by atoms with Crippen LogP contribution in [0.3, 0.4) is 0 Å². The van der Waals surface area contributed by atoms with E-state index in [0.717, 1.165) is 19.3 Å². The van der Waals surface area contributed by atoms with Gasteiger partial charge in [-0.25, -0.2) is 4.79 Å². The maximum Gasteiger partial charge on any atom is 0.349 e. The number of hydrogen-bond donors (Lipinski definition) is 1. The van der Waals surface area contributed by atoms with Crippen molar-refractivity contribution in [2.24, 2.45) is 0 Å². The van der Waals surface area contributed by atoms with Crippen molar-refractivity contribution in [2.75, 3.05) is 19.0 Å². The number of fused-ring (bicyclic) bond motifs is 1. The van der Waals surface area contributed by atoms with Crippen LogP contribution < -0.4 is 10.1 Å². The minimum absolute atomic E-state index is 0.196. The number of carbonyl (C=O) groups is 2. The molecule has 0 heterocycles. The average molecular weight is 376 g/mol. The first-order chi connectivity index (χ1) is 13.6. The molecular formula is C22H20N2O4. The SMILES string of the molecule is COc1cccc(/C=C(\C#N)C(=O)OCC(=O)Nc2ccc3c(c2)CCC3)c1. The average Bonchev–Trinajstić information content (AvgIpc) is 3.18. The lowest BCUT2D eigenvalue weighted by Crippen LogP contribution is -2.21. The molecule has 1 amide bonds. The number of aryl methyl sites for hydroxylation is 2. The Morgan fingerprint density at radius 3 is 2.79 bits per heavy atom. The van der Waals surface area contributed by atoms with Gasteiger partial charge in [0.05, 0.1) is 7.11 Å². The third-order valence-corrected chi connectivity index (χ3v) is 4.46. The molecule has 1 N–H and O–H groups in total. The van der Waals surface area contributed by atoms with E-state index in [4.69, 9.17) is 9.47 Å². The molecule has 1 aliphatic rings. The van der Waals surface area contributed by atoms with Crippen LogP contribution in [0.4, 0.5) is 5.69 Å². The molecule has 6 nitrogen and oxygen atoms in total. The minimum atomic E-state index is -0.852. The smallest absolute Gasteiger partial charge is 0.349 e. The summed E-state index contributed by atoms with van der Waals surface area (Å²) in [5.74, 6) is -0.701. The zero-order valence-electron chi connectivity index (χ0n) is 15.5. The van der Waals surface area contributed by atoms with Gasteiger partial charge >= 0.3 is 5.97 Å². The van der Waals surface area contributed by atoms with Gasteiger partial charge in [-0.05, 0) is 66.3 Å². The maximum atomic E-state index is 12.1. The van der Waals surface area contributed by atoms with Crippen molar-refractivity contribution in [2.45, 2.75) is 19.3 Å². The van der Waals surface area contributed by atoms with E-state index >= 15 is 0 Å². The lowest BCUT2D eigenvalue weighted by molar-refractivity contribution is -0.142. The second kappa shape index (κ2) is 8.87. The van der Waals surface area contributed by atoms with Gasteiger partial charge in [-0.2, -0.15) is 5.26 Å². The Balaban J connectivity index is 1.58. The summed E-state index contributed by atoms with van der Waals surface area (Å²) in [5, 5.41) is 11.9. The highest BCUT2D eigenvalue weighted by Gasteiger charge is 2.15. The normalized spacial score (nSPS) is 12.6. The van der Waals surface area contributed by atoms with Crippen LogP contribution in [0.5, 0.6) is 5.75 Å². The minimum Gasteiger partial charge on any atom is -0.497 e. The van der Waals surface area contributed by atoms with Gasteiger partial charge in [-0.15, -0.1) is 0 Å². The van der Waals surface area contributed by atoms with Gasteiger partial charge in [0.25, 0.3) is 5.91 Å². The van der Waals surface area contributed by atoms with E-state index in [1.807, 2.05) is 18.2 Å². The van der Waals surface area contributed by atoms with Gasteiger partial charge in [0.1, 0.15) is 17.4 Å². The number of amides is 1. The molecule has 0 saturated carbocycles. The predicted molar refractivity (Wildman–Crippen MR) is 105 cm³/mol. The lowest BCUT2D eigenvalue weighted by atomic mass is 10.1. The molecule has 0 spiro atoms. The first-order valence-electron chi connectivity index (χ1n) is 8.93. The largest absolute Gasteiger partial charge is 0.497 e. The van der Waals surface area contributed by atoms with Gasteiger partial charge in [0.15, 0.2) is 6.61 Å². The molecule has 0 fully saturated rings. The molecular weight excluding hydrogens is 356 g/mol. The molecule has 0 atom stereocenters. The predicted octanol–water partition coefficient (Wildman–Crippen LogP) is 3.27. The maximum absolute atomic E-state index is 12.1. The highest BCUT2D eigenvalue weighted by molar-refractivity contribution is 6.00. The fourth-order valence-corrected chi connectivity index (χ4v) is 3.09. The molecule has 3 rings (SSSR count). The van der Waals surface area contributed by atoms with Crippen LogP contribution in [-0.4, -0.2) is 25.6 Å². The van der Waals surface area contributed by atoms with E-state index < -0.39 is 18.5 Å². The number of hydrogen-bond acceptors (Lipinski definition) is 5. The van der Waals surface area contributed by atoms with Gasteiger partial charge in [0.2, 0.25) is 0 Å². The van der Waals surface area contributed by atoms with E-state index in [1.165, 1.54) is 24.3 Å². The van der Waals surface area contributed by atoms with Crippen molar-refractivity contribution in [3.05, 3.63) is 64.7 Å². The van der Waals surface area contributed by atoms with E-state index in [-0.39, 0.29) is 5.57 Å². The molecule has 28 heavy (non-hydrogen) atoms. The molecule has 0 unspecified atom stereocenters. The van der Waals surface area contributed by atoms with Crippen LogP contribution in [0.1, 0.15) is 23.1 Å². The lowest BCUT2D eigenvalue weighted by Gasteiger charge is -2.08. The second-order valence-electron chi connectivity index (χ2n) is 6.41. The Bertz CT molecular complexity index is 973. The summed E-state index contributed by atoms with van der Waals surface area (Å²) >= 11 is 0. The van der Waals surface area contributed by atoms with Crippen LogP contribution in [0.2, 0.25) is 0 Å². The molecule has 0 bridgehead atoms. The molecule has 1 aliphatic carbocycles. The standard InChI is InChI=1S/C22H20N2O4/c1-27-20-7-2-4-15(11-20)10-18(13-23)22(26)28-14-21(25)24-19-9-8-16-5-3-6-17(16)12-19/h2,4,7-12H,3,5-6,14H2,1H3,(H,24,25)/b18-10+. The fraction of sp³-hybridized carbons (Fsp3) is 0.227. The molecule has 0 radical (unpaired) electrons. The molecule has 142 valence electrons. The van der Waals surface area contributed by atoms with Crippen LogP contribution in [0.15, 0.2) is 48.0 Å². The number of methoxy groups -OCH3 is 1. The highest BCUT2D eigenvalue weighted by Crippen LogP contribution is 2.24. The van der Waals surface area contributed by atoms with Gasteiger partial charge in [0, 0.05) is 5.69 Å². The summed E-state index contributed by atoms with van der Waals surface area (Å²) in [7, 11) is 1.53. The van der Waals surface area contributed by atoms with Gasteiger partial charge in [-0.1, -0.05) is 18.2 Å². The first-order valence-corrected chi connectivity index (χ1v) is 8.93. The number of esters is 1. The van der Waals surface area contributed by atoms with Crippen molar-refractivity contribution in [1.29, 1.82) is 5.26 Å². The van der Waals surface area contributed by atoms with E-state index in [0.29, 0.717) is 17.0 Å². The van der Waals surface area contributed by atoms with Crippen LogP contribution in [-0.2, 0) is 27.2 Å². The zero-order chi connectivity index (χ0) is 19.9. The number of carbonyl (C=O) groups excluding carboxylic acids is 2.